The number of nitrogens with one attached hydrogen (secondary N) is 3. The van der Waals surface area contributed by atoms with Crippen LogP contribution < -0.4 is 24.8 Å². The second kappa shape index (κ2) is 12.8. The first kappa shape index (κ1) is 27.5. The maximum absolute atomic E-state index is 12.6. The number of ether oxygens (including phenoxy) is 2. The van der Waals surface area contributed by atoms with Crippen molar-refractivity contribution in [1.82, 2.24) is 5.32 Å². The molecule has 3 aromatic carbocycles. The van der Waals surface area contributed by atoms with Gasteiger partial charge in [0.25, 0.3) is 10.0 Å². The van der Waals surface area contributed by atoms with E-state index in [4.69, 9.17) is 44.9 Å². The molecule has 3 aromatic rings. The highest BCUT2D eigenvalue weighted by Crippen LogP contribution is 2.27. The first-order valence-electron chi connectivity index (χ1n) is 10.6. The average Bonchev–Trinajstić information content (AvgIpc) is 2.83. The van der Waals surface area contributed by atoms with Crippen LogP contribution in [0, 0.1) is 0 Å². The van der Waals surface area contributed by atoms with E-state index in [1.54, 1.807) is 54.6 Å². The van der Waals surface area contributed by atoms with E-state index >= 15 is 0 Å². The number of methoxy groups -OCH3 is 1. The Morgan fingerprint density at radius 1 is 0.972 bits per heavy atom. The molecule has 0 aliphatic heterocycles. The number of sulfonamides is 1. The molecular formula is C24H23Cl2N3O5S2. The van der Waals surface area contributed by atoms with Gasteiger partial charge in [0, 0.05) is 22.8 Å². The molecule has 0 aliphatic rings. The first-order chi connectivity index (χ1) is 17.2. The Labute approximate surface area is 224 Å². The van der Waals surface area contributed by atoms with Crippen molar-refractivity contribution in [2.24, 2.45) is 0 Å². The number of amides is 1. The van der Waals surface area contributed by atoms with Gasteiger partial charge in [-0.2, -0.15) is 0 Å². The zero-order valence-corrected chi connectivity index (χ0v) is 22.2. The fourth-order valence-corrected chi connectivity index (χ4v) is 4.70. The highest BCUT2D eigenvalue weighted by atomic mass is 35.5. The van der Waals surface area contributed by atoms with Crippen LogP contribution in [0.15, 0.2) is 71.6 Å². The molecule has 36 heavy (non-hydrogen) atoms. The highest BCUT2D eigenvalue weighted by Gasteiger charge is 2.14. The summed E-state index contributed by atoms with van der Waals surface area (Å²) >= 11 is 17.1. The molecule has 0 unspecified atom stereocenters. The fourth-order valence-electron chi connectivity index (χ4n) is 2.95. The molecular weight excluding hydrogens is 545 g/mol. The Kier molecular flexibility index (Phi) is 9.77. The number of hydrogen-bond acceptors (Lipinski definition) is 6. The molecule has 0 saturated carbocycles. The molecule has 0 bridgehead atoms. The molecule has 12 heteroatoms. The lowest BCUT2D eigenvalue weighted by molar-refractivity contribution is -0.119. The summed E-state index contributed by atoms with van der Waals surface area (Å²) in [5, 5.41) is 6.42. The van der Waals surface area contributed by atoms with Crippen LogP contribution in [0.1, 0.15) is 12.8 Å². The molecule has 0 spiro atoms. The first-order valence-corrected chi connectivity index (χ1v) is 13.3. The summed E-state index contributed by atoms with van der Waals surface area (Å²) < 4.78 is 38.3. The predicted octanol–water partition coefficient (Wildman–Crippen LogP) is 5.48. The highest BCUT2D eigenvalue weighted by molar-refractivity contribution is 7.92. The third-order valence-electron chi connectivity index (χ3n) is 4.72. The summed E-state index contributed by atoms with van der Waals surface area (Å²) in [6.07, 6.45) is 0.627. The molecule has 1 amide bonds. The summed E-state index contributed by atoms with van der Waals surface area (Å²) in [6.45, 7) is 0.287. The summed E-state index contributed by atoms with van der Waals surface area (Å²) in [6, 6.07) is 17.4. The van der Waals surface area contributed by atoms with Crippen LogP contribution >= 0.6 is 35.4 Å². The monoisotopic (exact) mass is 567 g/mol. The van der Waals surface area contributed by atoms with E-state index in [-0.39, 0.29) is 28.9 Å². The number of carbonyl (C=O) groups is 1. The van der Waals surface area contributed by atoms with Crippen LogP contribution in [0.25, 0.3) is 0 Å². The van der Waals surface area contributed by atoms with Crippen LogP contribution in [-0.2, 0) is 14.8 Å². The van der Waals surface area contributed by atoms with Gasteiger partial charge in [-0.1, -0.05) is 23.2 Å². The largest absolute Gasteiger partial charge is 0.497 e. The van der Waals surface area contributed by atoms with Crippen LogP contribution in [0.5, 0.6) is 11.5 Å². The quantitative estimate of drug-likeness (QED) is 0.220. The van der Waals surface area contributed by atoms with E-state index in [2.05, 4.69) is 15.4 Å². The van der Waals surface area contributed by atoms with Gasteiger partial charge in [-0.25, -0.2) is 8.42 Å². The third-order valence-corrected chi connectivity index (χ3v) is 6.85. The van der Waals surface area contributed by atoms with E-state index in [9.17, 15) is 13.2 Å². The average molecular weight is 569 g/mol. The second-order valence-corrected chi connectivity index (χ2v) is 10.3. The van der Waals surface area contributed by atoms with Crippen molar-refractivity contribution in [3.8, 4) is 11.5 Å². The van der Waals surface area contributed by atoms with E-state index in [0.29, 0.717) is 39.3 Å². The van der Waals surface area contributed by atoms with Gasteiger partial charge in [-0.3, -0.25) is 9.52 Å². The van der Waals surface area contributed by atoms with Crippen molar-refractivity contribution >= 4 is 67.8 Å². The van der Waals surface area contributed by atoms with Gasteiger partial charge in [-0.15, -0.1) is 0 Å². The maximum atomic E-state index is 12.6. The van der Waals surface area contributed by atoms with Gasteiger partial charge in [0.15, 0.2) is 5.11 Å². The minimum atomic E-state index is -3.78. The van der Waals surface area contributed by atoms with Gasteiger partial charge < -0.3 is 20.1 Å². The lowest BCUT2D eigenvalue weighted by atomic mass is 10.3. The number of benzene rings is 3. The van der Waals surface area contributed by atoms with Crippen LogP contribution in [0.2, 0.25) is 10.0 Å². The number of anilines is 2. The molecule has 0 aromatic heterocycles. The summed E-state index contributed by atoms with van der Waals surface area (Å²) in [7, 11) is -2.25. The minimum absolute atomic E-state index is 0.0691. The lowest BCUT2D eigenvalue weighted by Crippen LogP contribution is -2.34. The Hall–Kier alpha value is -3.05. The van der Waals surface area contributed by atoms with Gasteiger partial charge in [0.05, 0.1) is 23.6 Å². The molecule has 0 radical (unpaired) electrons. The summed E-state index contributed by atoms with van der Waals surface area (Å²) in [4.78, 5) is 12.2. The standard InChI is InChI=1S/C24H23Cl2N3O5S2/c1-33-19-9-5-18(6-10-19)29-36(31,32)20-11-7-17(8-12-20)27-24(35)28-23(30)3-2-14-34-22-13-4-16(25)15-21(22)26/h4-13,15,29H,2-3,14H2,1H3,(H2,27,28,30,35). The number of halogens is 2. The number of carbonyl (C=O) groups excluding carboxylic acids is 1. The molecule has 0 saturated heterocycles. The van der Waals surface area contributed by atoms with E-state index in [0.717, 1.165) is 0 Å². The van der Waals surface area contributed by atoms with E-state index < -0.39 is 10.0 Å². The van der Waals surface area contributed by atoms with E-state index in [1.165, 1.54) is 19.2 Å². The summed E-state index contributed by atoms with van der Waals surface area (Å²) in [5.41, 5.74) is 0.924. The second-order valence-electron chi connectivity index (χ2n) is 7.39. The molecule has 3 rings (SSSR count). The van der Waals surface area contributed by atoms with Crippen LogP contribution in [0.4, 0.5) is 11.4 Å². The number of rotatable bonds is 10. The minimum Gasteiger partial charge on any atom is -0.497 e. The number of hydrogen-bond donors (Lipinski definition) is 3. The smallest absolute Gasteiger partial charge is 0.261 e. The van der Waals surface area contributed by atoms with Crippen molar-refractivity contribution in [3.05, 3.63) is 76.8 Å². The number of thiocarbonyl (C=S) groups is 1. The van der Waals surface area contributed by atoms with Crippen LogP contribution in [0.3, 0.4) is 0 Å². The Balaban J connectivity index is 1.44. The third kappa shape index (κ3) is 8.27. The van der Waals surface area contributed by atoms with Gasteiger partial charge in [-0.05, 0) is 85.4 Å². The molecule has 3 N–H and O–H groups in total. The van der Waals surface area contributed by atoms with Crippen molar-refractivity contribution in [2.45, 2.75) is 17.7 Å². The SMILES string of the molecule is COc1ccc(NS(=O)(=O)c2ccc(NC(=S)NC(=O)CCCOc3ccc(Cl)cc3Cl)cc2)cc1. The Morgan fingerprint density at radius 3 is 2.28 bits per heavy atom. The molecule has 0 fully saturated rings. The molecule has 0 atom stereocenters. The normalized spacial score (nSPS) is 10.9. The van der Waals surface area contributed by atoms with Crippen molar-refractivity contribution in [1.29, 1.82) is 0 Å². The zero-order valence-electron chi connectivity index (χ0n) is 19.1. The molecule has 0 heterocycles. The topological polar surface area (TPSA) is 106 Å². The van der Waals surface area contributed by atoms with E-state index in [1.807, 2.05) is 0 Å². The Bertz CT molecular complexity index is 1320. The lowest BCUT2D eigenvalue weighted by Gasteiger charge is -2.12. The van der Waals surface area contributed by atoms with Gasteiger partial charge in [0.1, 0.15) is 11.5 Å². The van der Waals surface area contributed by atoms with Crippen molar-refractivity contribution < 1.29 is 22.7 Å². The maximum Gasteiger partial charge on any atom is 0.261 e. The summed E-state index contributed by atoms with van der Waals surface area (Å²) in [5.74, 6) is 0.817. The molecule has 0 aliphatic carbocycles. The molecule has 8 nitrogen and oxygen atoms in total. The zero-order chi connectivity index (χ0) is 26.1. The van der Waals surface area contributed by atoms with Gasteiger partial charge in [0.2, 0.25) is 5.91 Å². The molecule has 190 valence electrons. The van der Waals surface area contributed by atoms with Crippen molar-refractivity contribution in [3.63, 3.8) is 0 Å². The fraction of sp³-hybridized carbons (Fsp3) is 0.167. The Morgan fingerprint density at radius 2 is 1.64 bits per heavy atom. The van der Waals surface area contributed by atoms with Gasteiger partial charge >= 0.3 is 0 Å². The predicted molar refractivity (Wildman–Crippen MR) is 146 cm³/mol. The van der Waals surface area contributed by atoms with Crippen molar-refractivity contribution in [2.75, 3.05) is 23.8 Å². The van der Waals surface area contributed by atoms with Crippen LogP contribution in [-0.4, -0.2) is 33.2 Å².